The number of aromatic nitrogens is 5. The highest BCUT2D eigenvalue weighted by Gasteiger charge is 2.06. The van der Waals surface area contributed by atoms with Crippen LogP contribution in [0.15, 0.2) is 36.5 Å². The van der Waals surface area contributed by atoms with Gasteiger partial charge in [0.25, 0.3) is 0 Å². The Bertz CT molecular complexity index is 725. The molecule has 108 valence electrons. The van der Waals surface area contributed by atoms with E-state index in [1.165, 1.54) is 0 Å². The van der Waals surface area contributed by atoms with E-state index in [1.807, 2.05) is 30.3 Å². The third-order valence-electron chi connectivity index (χ3n) is 3.31. The molecule has 3 rings (SSSR count). The third-order valence-corrected chi connectivity index (χ3v) is 3.31. The van der Waals surface area contributed by atoms with Gasteiger partial charge in [0.15, 0.2) is 0 Å². The number of fused-ring (bicyclic) bond motifs is 1. The van der Waals surface area contributed by atoms with Gasteiger partial charge in [0.1, 0.15) is 0 Å². The second-order valence-electron chi connectivity index (χ2n) is 4.87. The molecule has 6 heteroatoms. The maximum Gasteiger partial charge on any atom is 0.204 e. The number of pyridine rings is 1. The van der Waals surface area contributed by atoms with E-state index in [4.69, 9.17) is 0 Å². The Morgan fingerprint density at radius 2 is 2.05 bits per heavy atom. The van der Waals surface area contributed by atoms with Gasteiger partial charge in [-0.15, -0.1) is 10.2 Å². The highest BCUT2D eigenvalue weighted by Crippen LogP contribution is 2.19. The van der Waals surface area contributed by atoms with E-state index in [-0.39, 0.29) is 6.67 Å². The van der Waals surface area contributed by atoms with Crippen LogP contribution in [-0.2, 0) is 6.54 Å². The number of nitrogens with zero attached hydrogens (tertiary/aromatic N) is 5. The second-order valence-corrected chi connectivity index (χ2v) is 4.87. The highest BCUT2D eigenvalue weighted by molar-refractivity contribution is 5.82. The van der Waals surface area contributed by atoms with Gasteiger partial charge in [-0.3, -0.25) is 9.37 Å². The van der Waals surface area contributed by atoms with Crippen molar-refractivity contribution in [3.63, 3.8) is 0 Å². The summed E-state index contributed by atoms with van der Waals surface area (Å²) in [4.78, 5) is 5.86. The van der Waals surface area contributed by atoms with E-state index in [1.54, 1.807) is 11.0 Å². The lowest BCUT2D eigenvalue weighted by atomic mass is 10.1. The van der Waals surface area contributed by atoms with Gasteiger partial charge >= 0.3 is 0 Å². The van der Waals surface area contributed by atoms with Gasteiger partial charge in [-0.25, -0.2) is 0 Å². The van der Waals surface area contributed by atoms with Crippen LogP contribution in [0.5, 0.6) is 0 Å². The summed E-state index contributed by atoms with van der Waals surface area (Å²) in [6, 6.07) is 9.81. The fraction of sp³-hybridized carbons (Fsp3) is 0.333. The molecule has 5 nitrogen and oxygen atoms in total. The van der Waals surface area contributed by atoms with E-state index in [0.29, 0.717) is 18.8 Å². The summed E-state index contributed by atoms with van der Waals surface area (Å²) in [5, 5.41) is 13.5. The molecule has 21 heavy (non-hydrogen) atoms. The van der Waals surface area contributed by atoms with E-state index in [2.05, 4.69) is 20.4 Å². The van der Waals surface area contributed by atoms with Crippen molar-refractivity contribution in [1.82, 2.24) is 25.2 Å². The Morgan fingerprint density at radius 3 is 2.95 bits per heavy atom. The molecule has 0 radical (unpaired) electrons. The zero-order valence-electron chi connectivity index (χ0n) is 11.6. The van der Waals surface area contributed by atoms with Crippen molar-refractivity contribution >= 4 is 10.9 Å². The summed E-state index contributed by atoms with van der Waals surface area (Å²) >= 11 is 0. The Hall–Kier alpha value is -2.37. The van der Waals surface area contributed by atoms with Gasteiger partial charge in [-0.05, 0) is 48.7 Å². The van der Waals surface area contributed by atoms with Crippen molar-refractivity contribution in [3.8, 4) is 11.4 Å². The molecule has 0 saturated carbocycles. The maximum absolute atomic E-state index is 12.0. The Kier molecular flexibility index (Phi) is 4.14. The number of alkyl halides is 1. The number of hydrogen-bond donors (Lipinski definition) is 0. The fourth-order valence-corrected chi connectivity index (χ4v) is 2.19. The third kappa shape index (κ3) is 3.21. The van der Waals surface area contributed by atoms with Crippen LogP contribution in [0, 0.1) is 0 Å². The molecule has 2 heterocycles. The summed E-state index contributed by atoms with van der Waals surface area (Å²) in [5.41, 5.74) is 1.87. The Labute approximate surface area is 121 Å². The normalized spacial score (nSPS) is 11.1. The number of aryl methyl sites for hydroxylation is 1. The van der Waals surface area contributed by atoms with Crippen LogP contribution in [0.4, 0.5) is 4.39 Å². The molecule has 0 aliphatic rings. The minimum Gasteiger partial charge on any atom is -0.256 e. The van der Waals surface area contributed by atoms with Crippen LogP contribution < -0.4 is 0 Å². The molecule has 0 N–H and O–H groups in total. The van der Waals surface area contributed by atoms with Gasteiger partial charge in [-0.1, -0.05) is 6.07 Å². The molecule has 0 atom stereocenters. The number of hydrogen-bond acceptors (Lipinski definition) is 4. The number of benzene rings is 1. The van der Waals surface area contributed by atoms with E-state index < -0.39 is 0 Å². The first-order valence-corrected chi connectivity index (χ1v) is 7.06. The van der Waals surface area contributed by atoms with Gasteiger partial charge in [0, 0.05) is 17.1 Å². The summed E-state index contributed by atoms with van der Waals surface area (Å²) in [6.07, 6.45) is 4.07. The molecule has 0 amide bonds. The SMILES string of the molecule is FCCCCCn1nnc(-c2ccc3ncccc3c2)n1. The predicted molar refractivity (Wildman–Crippen MR) is 78.4 cm³/mol. The first kappa shape index (κ1) is 13.6. The lowest BCUT2D eigenvalue weighted by molar-refractivity contribution is 0.429. The molecule has 2 aromatic heterocycles. The summed E-state index contributed by atoms with van der Waals surface area (Å²) in [7, 11) is 0. The molecule has 0 unspecified atom stereocenters. The van der Waals surface area contributed by atoms with Gasteiger partial charge < -0.3 is 0 Å². The lowest BCUT2D eigenvalue weighted by Gasteiger charge is -1.99. The van der Waals surface area contributed by atoms with Crippen LogP contribution in [0.1, 0.15) is 19.3 Å². The lowest BCUT2D eigenvalue weighted by Crippen LogP contribution is -2.02. The first-order valence-electron chi connectivity index (χ1n) is 7.06. The molecular formula is C15H16FN5. The quantitative estimate of drug-likeness (QED) is 0.653. The molecule has 1 aromatic carbocycles. The molecule has 0 saturated heterocycles. The largest absolute Gasteiger partial charge is 0.256 e. The van der Waals surface area contributed by atoms with Crippen molar-refractivity contribution in [1.29, 1.82) is 0 Å². The van der Waals surface area contributed by atoms with Crippen LogP contribution >= 0.6 is 0 Å². The molecule has 3 aromatic rings. The Balaban J connectivity index is 1.75. The number of unbranched alkanes of at least 4 members (excludes halogenated alkanes) is 2. The van der Waals surface area contributed by atoms with E-state index in [0.717, 1.165) is 29.3 Å². The second kappa shape index (κ2) is 6.39. The zero-order chi connectivity index (χ0) is 14.5. The van der Waals surface area contributed by atoms with Crippen LogP contribution in [-0.4, -0.2) is 31.9 Å². The minimum atomic E-state index is -0.263. The number of halogens is 1. The summed E-state index contributed by atoms with van der Waals surface area (Å²) < 4.78 is 12.0. The Morgan fingerprint density at radius 1 is 1.10 bits per heavy atom. The molecule has 0 bridgehead atoms. The van der Waals surface area contributed by atoms with Gasteiger partial charge in [-0.2, -0.15) is 4.80 Å². The van der Waals surface area contributed by atoms with E-state index >= 15 is 0 Å². The van der Waals surface area contributed by atoms with Crippen LogP contribution in [0.25, 0.3) is 22.3 Å². The standard InChI is InChI=1S/C15H16FN5/c16-8-2-1-3-10-21-19-15(18-20-21)13-6-7-14-12(11-13)5-4-9-17-14/h4-7,9,11H,1-3,8,10H2. The molecule has 0 fully saturated rings. The average Bonchev–Trinajstić information content (AvgIpc) is 3.00. The van der Waals surface area contributed by atoms with Crippen molar-refractivity contribution in [2.75, 3.05) is 6.67 Å². The minimum absolute atomic E-state index is 0.263. The van der Waals surface area contributed by atoms with Gasteiger partial charge in [0.05, 0.1) is 18.7 Å². The molecule has 0 aliphatic carbocycles. The molecule has 0 aliphatic heterocycles. The zero-order valence-corrected chi connectivity index (χ0v) is 11.6. The summed E-state index contributed by atoms with van der Waals surface area (Å²) in [6.45, 7) is 0.406. The highest BCUT2D eigenvalue weighted by atomic mass is 19.1. The van der Waals surface area contributed by atoms with Gasteiger partial charge in [0.2, 0.25) is 5.82 Å². The smallest absolute Gasteiger partial charge is 0.204 e. The van der Waals surface area contributed by atoms with Crippen molar-refractivity contribution in [2.45, 2.75) is 25.8 Å². The summed E-state index contributed by atoms with van der Waals surface area (Å²) in [5.74, 6) is 0.603. The fourth-order valence-electron chi connectivity index (χ4n) is 2.19. The number of tetrazole rings is 1. The van der Waals surface area contributed by atoms with Crippen LogP contribution in [0.2, 0.25) is 0 Å². The predicted octanol–water partition coefficient (Wildman–Crippen LogP) is 3.03. The van der Waals surface area contributed by atoms with Crippen LogP contribution in [0.3, 0.4) is 0 Å². The molecule has 0 spiro atoms. The number of rotatable bonds is 6. The van der Waals surface area contributed by atoms with E-state index in [9.17, 15) is 4.39 Å². The van der Waals surface area contributed by atoms with Crippen molar-refractivity contribution in [3.05, 3.63) is 36.5 Å². The maximum atomic E-state index is 12.0. The topological polar surface area (TPSA) is 56.5 Å². The van der Waals surface area contributed by atoms with Crippen molar-refractivity contribution in [2.24, 2.45) is 0 Å². The van der Waals surface area contributed by atoms with Crippen molar-refractivity contribution < 1.29 is 4.39 Å². The average molecular weight is 285 g/mol. The molecular weight excluding hydrogens is 269 g/mol. The monoisotopic (exact) mass is 285 g/mol. The first-order chi connectivity index (χ1) is 10.4.